The molecule has 0 bridgehead atoms. The largest absolute Gasteiger partial charge is 0.496 e. The monoisotopic (exact) mass is 521 g/mol. The summed E-state index contributed by atoms with van der Waals surface area (Å²) in [5.74, 6) is 1.58. The topological polar surface area (TPSA) is 109 Å². The maximum atomic E-state index is 12.7. The number of nitrogen functional groups attached to an aromatic ring is 1. The molecule has 1 unspecified atom stereocenters. The van der Waals surface area contributed by atoms with Crippen LogP contribution in [0.1, 0.15) is 42.5 Å². The molecule has 0 saturated carbocycles. The van der Waals surface area contributed by atoms with Gasteiger partial charge in [0.2, 0.25) is 5.91 Å². The number of hydrogen-bond donors (Lipinski definition) is 3. The van der Waals surface area contributed by atoms with Gasteiger partial charge < -0.3 is 30.7 Å². The van der Waals surface area contributed by atoms with Gasteiger partial charge in [0.25, 0.3) is 5.91 Å². The number of carbonyl (C=O) groups excluding carboxylic acids is 2. The second kappa shape index (κ2) is 12.9. The molecule has 3 saturated heterocycles. The van der Waals surface area contributed by atoms with E-state index in [0.29, 0.717) is 59.3 Å². The summed E-state index contributed by atoms with van der Waals surface area (Å²) in [5.41, 5.74) is 6.54. The fourth-order valence-corrected chi connectivity index (χ4v) is 5.64. The average molecular weight is 522 g/mol. The molecule has 36 heavy (non-hydrogen) atoms. The minimum atomic E-state index is -0.268. The molecule has 200 valence electrons. The molecule has 0 spiro atoms. The molecule has 3 fully saturated rings. The lowest BCUT2D eigenvalue weighted by Gasteiger charge is -2.38. The second-order valence-electron chi connectivity index (χ2n) is 10.3. The Morgan fingerprint density at radius 3 is 2.64 bits per heavy atom. The van der Waals surface area contributed by atoms with E-state index in [1.54, 1.807) is 6.07 Å². The van der Waals surface area contributed by atoms with Gasteiger partial charge in [0.1, 0.15) is 5.75 Å². The molecule has 1 aromatic carbocycles. The summed E-state index contributed by atoms with van der Waals surface area (Å²) in [6.45, 7) is 7.52. The first kappa shape index (κ1) is 27.0. The third kappa shape index (κ3) is 7.25. The molecule has 1 atom stereocenters. The number of methoxy groups -OCH3 is 1. The lowest BCUT2D eigenvalue weighted by atomic mass is 9.92. The molecule has 4 rings (SSSR count). The Balaban J connectivity index is 1.19. The highest BCUT2D eigenvalue weighted by Gasteiger charge is 2.28. The van der Waals surface area contributed by atoms with Crippen LogP contribution in [0.3, 0.4) is 0 Å². The van der Waals surface area contributed by atoms with E-state index in [2.05, 4.69) is 20.4 Å². The maximum absolute atomic E-state index is 12.7. The van der Waals surface area contributed by atoms with Crippen molar-refractivity contribution >= 4 is 29.1 Å². The van der Waals surface area contributed by atoms with Gasteiger partial charge in [-0.15, -0.1) is 0 Å². The summed E-state index contributed by atoms with van der Waals surface area (Å²) < 4.78 is 11.2. The minimum Gasteiger partial charge on any atom is -0.496 e. The number of ether oxygens (including phenoxy) is 2. The molecule has 3 aliphatic rings. The van der Waals surface area contributed by atoms with Crippen molar-refractivity contribution < 1.29 is 19.1 Å². The highest BCUT2D eigenvalue weighted by atomic mass is 35.5. The number of nitrogens with zero attached hydrogens (tertiary/aromatic N) is 2. The average Bonchev–Trinajstić information content (AvgIpc) is 2.90. The molecule has 2 amide bonds. The molecule has 3 aliphatic heterocycles. The van der Waals surface area contributed by atoms with Crippen molar-refractivity contribution in [2.75, 3.05) is 71.8 Å². The van der Waals surface area contributed by atoms with E-state index in [1.165, 1.54) is 13.2 Å². The van der Waals surface area contributed by atoms with Gasteiger partial charge in [0.05, 0.1) is 36.1 Å². The van der Waals surface area contributed by atoms with Gasteiger partial charge >= 0.3 is 0 Å². The Morgan fingerprint density at radius 1 is 1.17 bits per heavy atom. The first-order valence-corrected chi connectivity index (χ1v) is 13.5. The Bertz CT molecular complexity index is 903. The van der Waals surface area contributed by atoms with Crippen LogP contribution >= 0.6 is 11.6 Å². The molecular formula is C26H40ClN5O4. The van der Waals surface area contributed by atoms with E-state index in [-0.39, 0.29) is 12.0 Å². The summed E-state index contributed by atoms with van der Waals surface area (Å²) >= 11 is 6.10. The fourth-order valence-electron chi connectivity index (χ4n) is 5.48. The summed E-state index contributed by atoms with van der Waals surface area (Å²) in [5, 5.41) is 6.64. The first-order valence-electron chi connectivity index (χ1n) is 13.2. The smallest absolute Gasteiger partial charge is 0.255 e. The van der Waals surface area contributed by atoms with Crippen LogP contribution in [0.15, 0.2) is 12.1 Å². The predicted octanol–water partition coefficient (Wildman–Crippen LogP) is 1.99. The van der Waals surface area contributed by atoms with Crippen molar-refractivity contribution in [1.29, 1.82) is 0 Å². The predicted molar refractivity (Wildman–Crippen MR) is 140 cm³/mol. The fraction of sp³-hybridized carbons (Fsp3) is 0.692. The highest BCUT2D eigenvalue weighted by Crippen LogP contribution is 2.29. The van der Waals surface area contributed by atoms with Gasteiger partial charge in [0.15, 0.2) is 0 Å². The summed E-state index contributed by atoms with van der Waals surface area (Å²) in [7, 11) is 1.50. The van der Waals surface area contributed by atoms with Crippen molar-refractivity contribution in [3.05, 3.63) is 22.7 Å². The van der Waals surface area contributed by atoms with Gasteiger partial charge in [-0.05, 0) is 56.7 Å². The van der Waals surface area contributed by atoms with Crippen molar-refractivity contribution in [2.24, 2.45) is 11.8 Å². The second-order valence-corrected chi connectivity index (χ2v) is 10.7. The zero-order chi connectivity index (χ0) is 25.5. The Kier molecular flexibility index (Phi) is 9.70. The van der Waals surface area contributed by atoms with E-state index in [1.807, 2.05) is 0 Å². The quantitative estimate of drug-likeness (QED) is 0.449. The number of piperidine rings is 2. The lowest BCUT2D eigenvalue weighted by molar-refractivity contribution is -0.134. The standard InChI is InChI=1S/C26H40ClN5O4/c1-35-24-14-23(28)22(27)13-21(24)26(34)30-15-20-17-31(10-11-36-20)16-19-4-8-32(9-5-19)25(33)12-18-2-6-29-7-3-18/h13-14,18-20,29H,2-12,15-17,28H2,1H3,(H,30,34). The van der Waals surface area contributed by atoms with Crippen LogP contribution in [0, 0.1) is 11.8 Å². The SMILES string of the molecule is COc1cc(N)c(Cl)cc1C(=O)NCC1CN(CC2CCN(C(=O)CC3CCNCC3)CC2)CCO1. The van der Waals surface area contributed by atoms with Crippen LogP contribution in [0.4, 0.5) is 5.69 Å². The number of carbonyl (C=O) groups is 2. The zero-order valence-corrected chi connectivity index (χ0v) is 22.0. The normalized spacial score (nSPS) is 22.4. The van der Waals surface area contributed by atoms with Crippen LogP contribution in [0.2, 0.25) is 5.02 Å². The molecule has 3 heterocycles. The maximum Gasteiger partial charge on any atom is 0.255 e. The Labute approximate surface area is 219 Å². The van der Waals surface area contributed by atoms with Gasteiger partial charge in [-0.25, -0.2) is 0 Å². The van der Waals surface area contributed by atoms with Crippen LogP contribution < -0.4 is 21.1 Å². The number of morpholine rings is 1. The lowest BCUT2D eigenvalue weighted by Crippen LogP contribution is -2.50. The number of anilines is 1. The molecule has 4 N–H and O–H groups in total. The molecule has 10 heteroatoms. The number of hydrogen-bond acceptors (Lipinski definition) is 7. The van der Waals surface area contributed by atoms with Crippen LogP contribution in [0.5, 0.6) is 5.75 Å². The van der Waals surface area contributed by atoms with Gasteiger partial charge in [-0.2, -0.15) is 0 Å². The summed E-state index contributed by atoms with van der Waals surface area (Å²) in [6.07, 6.45) is 4.95. The molecule has 1 aromatic rings. The van der Waals surface area contributed by atoms with E-state index >= 15 is 0 Å². The number of amides is 2. The first-order chi connectivity index (χ1) is 17.4. The van der Waals surface area contributed by atoms with Crippen LogP contribution in [-0.4, -0.2) is 93.8 Å². The Hall–Kier alpha value is -2.07. The van der Waals surface area contributed by atoms with Crippen molar-refractivity contribution in [1.82, 2.24) is 20.4 Å². The molecule has 0 aromatic heterocycles. The highest BCUT2D eigenvalue weighted by molar-refractivity contribution is 6.33. The van der Waals surface area contributed by atoms with E-state index in [0.717, 1.165) is 71.5 Å². The van der Waals surface area contributed by atoms with E-state index in [4.69, 9.17) is 26.8 Å². The zero-order valence-electron chi connectivity index (χ0n) is 21.3. The molecular weight excluding hydrogens is 482 g/mol. The summed E-state index contributed by atoms with van der Waals surface area (Å²) in [6, 6.07) is 3.09. The number of nitrogens with one attached hydrogen (secondary N) is 2. The summed E-state index contributed by atoms with van der Waals surface area (Å²) in [4.78, 5) is 30.0. The molecule has 0 aliphatic carbocycles. The van der Waals surface area contributed by atoms with Crippen molar-refractivity contribution in [3.63, 3.8) is 0 Å². The number of halogens is 1. The third-order valence-electron chi connectivity index (χ3n) is 7.68. The van der Waals surface area contributed by atoms with E-state index in [9.17, 15) is 9.59 Å². The van der Waals surface area contributed by atoms with Crippen LogP contribution in [-0.2, 0) is 9.53 Å². The van der Waals surface area contributed by atoms with Gasteiger partial charge in [0, 0.05) is 51.8 Å². The minimum absolute atomic E-state index is 0.0791. The Morgan fingerprint density at radius 2 is 1.92 bits per heavy atom. The molecule has 0 radical (unpaired) electrons. The van der Waals surface area contributed by atoms with Gasteiger partial charge in [-0.1, -0.05) is 11.6 Å². The van der Waals surface area contributed by atoms with Gasteiger partial charge in [-0.3, -0.25) is 14.5 Å². The van der Waals surface area contributed by atoms with Crippen LogP contribution in [0.25, 0.3) is 0 Å². The van der Waals surface area contributed by atoms with Crippen molar-refractivity contribution in [2.45, 2.75) is 38.2 Å². The number of likely N-dealkylation sites (tertiary alicyclic amines) is 1. The number of rotatable bonds is 8. The third-order valence-corrected chi connectivity index (χ3v) is 8.01. The number of benzene rings is 1. The van der Waals surface area contributed by atoms with Crippen molar-refractivity contribution in [3.8, 4) is 5.75 Å². The van der Waals surface area contributed by atoms with E-state index < -0.39 is 0 Å². The number of nitrogens with two attached hydrogens (primary N) is 1. The molecule has 9 nitrogen and oxygen atoms in total.